The van der Waals surface area contributed by atoms with E-state index in [1.807, 2.05) is 0 Å². The van der Waals surface area contributed by atoms with Gasteiger partial charge in [-0.2, -0.15) is 4.98 Å². The van der Waals surface area contributed by atoms with Gasteiger partial charge in [0.2, 0.25) is 5.28 Å². The Labute approximate surface area is 202 Å². The van der Waals surface area contributed by atoms with Gasteiger partial charge in [-0.25, -0.2) is 9.37 Å². The monoisotopic (exact) mass is 500 g/mol. The zero-order valence-corrected chi connectivity index (χ0v) is 18.9. The number of non-ortho nitro benzene ring substituents is 1. The van der Waals surface area contributed by atoms with E-state index in [2.05, 4.69) is 25.9 Å². The number of hydrogen-bond donors (Lipinski definition) is 3. The quantitative estimate of drug-likeness (QED) is 0.193. The zero-order valence-electron chi connectivity index (χ0n) is 18.2. The van der Waals surface area contributed by atoms with Gasteiger partial charge < -0.3 is 20.7 Å². The van der Waals surface area contributed by atoms with E-state index in [1.165, 1.54) is 31.2 Å². The summed E-state index contributed by atoms with van der Waals surface area (Å²) in [6.07, 6.45) is 1.24. The third-order valence-electron chi connectivity index (χ3n) is 5.21. The minimum absolute atomic E-state index is 0.0493. The molecule has 1 aliphatic heterocycles. The first-order valence-corrected chi connectivity index (χ1v) is 10.6. The molecule has 2 aromatic carbocycles. The molecule has 3 N–H and O–H groups in total. The van der Waals surface area contributed by atoms with Gasteiger partial charge >= 0.3 is 0 Å². The minimum atomic E-state index is -1.85. The lowest BCUT2D eigenvalue weighted by molar-refractivity contribution is -0.384. The first-order chi connectivity index (χ1) is 16.7. The highest BCUT2D eigenvalue weighted by molar-refractivity contribution is 6.28. The molecule has 2 amide bonds. The van der Waals surface area contributed by atoms with Crippen LogP contribution < -0.4 is 20.7 Å². The average Bonchev–Trinajstić information content (AvgIpc) is 2.82. The molecule has 1 unspecified atom stereocenters. The van der Waals surface area contributed by atoms with Crippen LogP contribution in [-0.4, -0.2) is 38.9 Å². The maximum atomic E-state index is 13.9. The Morgan fingerprint density at radius 2 is 2.11 bits per heavy atom. The molecule has 1 aliphatic rings. The van der Waals surface area contributed by atoms with Gasteiger partial charge in [0.15, 0.2) is 11.6 Å². The minimum Gasteiger partial charge on any atom is -0.466 e. The maximum Gasteiger partial charge on any atom is 0.278 e. The molecule has 180 valence electrons. The summed E-state index contributed by atoms with van der Waals surface area (Å²) in [6.45, 7) is 1.47. The van der Waals surface area contributed by atoms with Gasteiger partial charge in [-0.15, -0.1) is 0 Å². The number of nitrogens with zero attached hydrogens (tertiary/aromatic N) is 3. The molecular weight excluding hydrogens is 483 g/mol. The van der Waals surface area contributed by atoms with Crippen molar-refractivity contribution in [3.8, 4) is 5.75 Å². The Morgan fingerprint density at radius 3 is 2.89 bits per heavy atom. The molecule has 3 aromatic rings. The number of benzene rings is 2. The fourth-order valence-corrected chi connectivity index (χ4v) is 3.47. The maximum absolute atomic E-state index is 13.9. The summed E-state index contributed by atoms with van der Waals surface area (Å²) in [5.74, 6) is -2.02. The molecule has 0 saturated heterocycles. The molecule has 0 bridgehead atoms. The lowest BCUT2D eigenvalue weighted by Crippen LogP contribution is -2.58. The van der Waals surface area contributed by atoms with Crippen molar-refractivity contribution in [1.29, 1.82) is 0 Å². The number of anilines is 3. The van der Waals surface area contributed by atoms with Crippen LogP contribution in [-0.2, 0) is 16.0 Å². The highest BCUT2D eigenvalue weighted by Gasteiger charge is 2.47. The van der Waals surface area contributed by atoms with Crippen LogP contribution in [0.3, 0.4) is 0 Å². The standard InChI is InChI=1S/C22H18ClFN6O5/c1-22(19(31)25-8-7-12-3-2-4-14(9-12)30(33)34)20(32)28-16-10-13(5-6-17(16)35-22)27-18-15(24)11-26-21(23)29-18/h2-6,9-11H,7-8H2,1H3,(H,25,31)(H,28,32)(H,26,27,29). The molecule has 0 fully saturated rings. The Hall–Kier alpha value is -4.32. The predicted octanol–water partition coefficient (Wildman–Crippen LogP) is 3.37. The summed E-state index contributed by atoms with van der Waals surface area (Å²) in [6, 6.07) is 10.6. The van der Waals surface area contributed by atoms with Crippen LogP contribution in [0.15, 0.2) is 48.7 Å². The molecule has 0 radical (unpaired) electrons. The van der Waals surface area contributed by atoms with Crippen molar-refractivity contribution in [3.63, 3.8) is 0 Å². The highest BCUT2D eigenvalue weighted by Crippen LogP contribution is 2.36. The number of carbonyl (C=O) groups excluding carboxylic acids is 2. The van der Waals surface area contributed by atoms with Gasteiger partial charge in [0.25, 0.3) is 23.1 Å². The lowest BCUT2D eigenvalue weighted by Gasteiger charge is -2.33. The number of halogens is 2. The summed E-state index contributed by atoms with van der Waals surface area (Å²) in [7, 11) is 0. The molecular formula is C22H18ClFN6O5. The summed E-state index contributed by atoms with van der Waals surface area (Å²) < 4.78 is 19.6. The SMILES string of the molecule is CC1(C(=O)NCCc2cccc([N+](=O)[O-])c2)Oc2ccc(Nc3nc(Cl)ncc3F)cc2NC1=O. The Kier molecular flexibility index (Phi) is 6.47. The third-order valence-corrected chi connectivity index (χ3v) is 5.39. The number of carbonyl (C=O) groups is 2. The number of amides is 2. The van der Waals surface area contributed by atoms with Crippen molar-refractivity contribution in [2.45, 2.75) is 18.9 Å². The van der Waals surface area contributed by atoms with E-state index in [0.717, 1.165) is 6.20 Å². The molecule has 4 rings (SSSR count). The van der Waals surface area contributed by atoms with E-state index in [-0.39, 0.29) is 34.8 Å². The molecule has 13 heteroatoms. The van der Waals surface area contributed by atoms with E-state index < -0.39 is 28.2 Å². The van der Waals surface area contributed by atoms with Crippen molar-refractivity contribution >= 4 is 46.3 Å². The third kappa shape index (κ3) is 5.11. The fraction of sp³-hybridized carbons (Fsp3) is 0.182. The summed E-state index contributed by atoms with van der Waals surface area (Å²) in [4.78, 5) is 43.3. The number of fused-ring (bicyclic) bond motifs is 1. The van der Waals surface area contributed by atoms with Crippen molar-refractivity contribution in [2.24, 2.45) is 0 Å². The summed E-state index contributed by atoms with van der Waals surface area (Å²) in [5.41, 5.74) is -0.595. The van der Waals surface area contributed by atoms with Crippen molar-refractivity contribution in [2.75, 3.05) is 17.2 Å². The van der Waals surface area contributed by atoms with E-state index in [0.29, 0.717) is 17.7 Å². The molecule has 0 spiro atoms. The smallest absolute Gasteiger partial charge is 0.278 e. The average molecular weight is 501 g/mol. The lowest BCUT2D eigenvalue weighted by atomic mass is 10.0. The topological polar surface area (TPSA) is 148 Å². The van der Waals surface area contributed by atoms with Gasteiger partial charge in [0, 0.05) is 24.4 Å². The number of nitrogens with one attached hydrogen (secondary N) is 3. The van der Waals surface area contributed by atoms with E-state index >= 15 is 0 Å². The molecule has 0 saturated carbocycles. The summed E-state index contributed by atoms with van der Waals surface area (Å²) >= 11 is 5.70. The highest BCUT2D eigenvalue weighted by atomic mass is 35.5. The van der Waals surface area contributed by atoms with E-state index in [4.69, 9.17) is 16.3 Å². The number of nitro groups is 1. The van der Waals surface area contributed by atoms with Crippen LogP contribution in [0.4, 0.5) is 27.3 Å². The van der Waals surface area contributed by atoms with Crippen LogP contribution >= 0.6 is 11.6 Å². The molecule has 0 aliphatic carbocycles. The van der Waals surface area contributed by atoms with Gasteiger partial charge in [-0.05, 0) is 48.7 Å². The van der Waals surface area contributed by atoms with Gasteiger partial charge in [0.1, 0.15) is 5.75 Å². The molecule has 2 heterocycles. The Bertz CT molecular complexity index is 1340. The van der Waals surface area contributed by atoms with Crippen LogP contribution in [0, 0.1) is 15.9 Å². The van der Waals surface area contributed by atoms with Crippen LogP contribution in [0.2, 0.25) is 5.28 Å². The van der Waals surface area contributed by atoms with E-state index in [9.17, 15) is 24.1 Å². The Morgan fingerprint density at radius 1 is 1.31 bits per heavy atom. The van der Waals surface area contributed by atoms with E-state index in [1.54, 1.807) is 18.2 Å². The van der Waals surface area contributed by atoms with Crippen LogP contribution in [0.5, 0.6) is 5.75 Å². The number of hydrogen-bond acceptors (Lipinski definition) is 8. The van der Waals surface area contributed by atoms with Gasteiger partial charge in [-0.3, -0.25) is 19.7 Å². The van der Waals surface area contributed by atoms with Crippen LogP contribution in [0.25, 0.3) is 0 Å². The molecule has 1 aromatic heterocycles. The normalized spacial score (nSPS) is 16.5. The largest absolute Gasteiger partial charge is 0.466 e. The zero-order chi connectivity index (χ0) is 25.2. The number of rotatable bonds is 7. The molecule has 35 heavy (non-hydrogen) atoms. The summed E-state index contributed by atoms with van der Waals surface area (Å²) in [5, 5.41) is 18.7. The first kappa shape index (κ1) is 23.8. The Balaban J connectivity index is 1.42. The van der Waals surface area contributed by atoms with Crippen LogP contribution in [0.1, 0.15) is 12.5 Å². The number of ether oxygens (including phenoxy) is 1. The number of aromatic nitrogens is 2. The van der Waals surface area contributed by atoms with Gasteiger partial charge in [0.05, 0.1) is 16.8 Å². The molecule has 1 atom stereocenters. The van der Waals surface area contributed by atoms with Crippen molar-refractivity contribution in [1.82, 2.24) is 15.3 Å². The fourth-order valence-electron chi connectivity index (χ4n) is 3.34. The second-order valence-corrected chi connectivity index (χ2v) is 8.03. The predicted molar refractivity (Wildman–Crippen MR) is 124 cm³/mol. The van der Waals surface area contributed by atoms with Crippen molar-refractivity contribution < 1.29 is 23.6 Å². The second-order valence-electron chi connectivity index (χ2n) is 7.69. The second kappa shape index (κ2) is 9.50. The van der Waals surface area contributed by atoms with Crippen molar-refractivity contribution in [3.05, 3.63) is 75.4 Å². The first-order valence-electron chi connectivity index (χ1n) is 10.3. The van der Waals surface area contributed by atoms with Gasteiger partial charge in [-0.1, -0.05) is 12.1 Å². The molecule has 11 nitrogen and oxygen atoms in total. The number of nitro benzene ring substituents is 1.